The second kappa shape index (κ2) is 8.01. The Morgan fingerprint density at radius 1 is 1.43 bits per heavy atom. The van der Waals surface area contributed by atoms with Gasteiger partial charge in [0.1, 0.15) is 5.75 Å². The van der Waals surface area contributed by atoms with Crippen LogP contribution in [-0.2, 0) is 9.09 Å². The molecule has 0 saturated heterocycles. The number of nitrogen functional groups attached to an aromatic ring is 1. The van der Waals surface area contributed by atoms with E-state index in [0.29, 0.717) is 17.1 Å². The average Bonchev–Trinajstić information content (AvgIpc) is 3.04. The molecule has 1 fully saturated rings. The minimum Gasteiger partial charge on any atom is -0.404 e. The Labute approximate surface area is 175 Å². The minimum absolute atomic E-state index is 0.0464. The van der Waals surface area contributed by atoms with Gasteiger partial charge < -0.3 is 19.9 Å². The Bertz CT molecular complexity index is 1180. The molecule has 11 nitrogen and oxygen atoms in total. The molecular formula is C17H19ClN5O6P. The number of aliphatic hydroxyl groups excluding tert-OH is 1. The van der Waals surface area contributed by atoms with Crippen molar-refractivity contribution in [3.05, 3.63) is 46.0 Å². The van der Waals surface area contributed by atoms with Crippen LogP contribution < -0.4 is 15.8 Å². The molecule has 13 heteroatoms. The van der Waals surface area contributed by atoms with Crippen LogP contribution in [0.1, 0.15) is 12.5 Å². The van der Waals surface area contributed by atoms with Crippen molar-refractivity contribution < 1.29 is 23.6 Å². The predicted molar refractivity (Wildman–Crippen MR) is 108 cm³/mol. The predicted octanol–water partition coefficient (Wildman–Crippen LogP) is 1.72. The minimum atomic E-state index is -4.43. The zero-order chi connectivity index (χ0) is 21.5. The second-order valence-corrected chi connectivity index (χ2v) is 8.81. The van der Waals surface area contributed by atoms with E-state index in [9.17, 15) is 19.4 Å². The number of aliphatic hydroxyl groups is 1. The highest BCUT2D eigenvalue weighted by Crippen LogP contribution is 2.50. The maximum atomic E-state index is 12.3. The third-order valence-electron chi connectivity index (χ3n) is 5.13. The Morgan fingerprint density at radius 2 is 2.23 bits per heavy atom. The number of imidazole rings is 1. The third-order valence-corrected chi connectivity index (χ3v) is 6.29. The summed E-state index contributed by atoms with van der Waals surface area (Å²) in [5, 5.41) is 9.97. The molecule has 5 N–H and O–H groups in total. The average molecular weight is 456 g/mol. The van der Waals surface area contributed by atoms with Crippen molar-refractivity contribution in [1.82, 2.24) is 19.5 Å². The Hall–Kier alpha value is -2.43. The third kappa shape index (κ3) is 4.07. The molecule has 4 atom stereocenters. The van der Waals surface area contributed by atoms with E-state index >= 15 is 0 Å². The number of H-pyrrole nitrogens is 1. The lowest BCUT2D eigenvalue weighted by molar-refractivity contribution is -0.00476. The first-order chi connectivity index (χ1) is 14.3. The van der Waals surface area contributed by atoms with Gasteiger partial charge in [0, 0.05) is 23.6 Å². The number of anilines is 1. The van der Waals surface area contributed by atoms with Crippen molar-refractivity contribution in [3.8, 4) is 5.75 Å². The van der Waals surface area contributed by atoms with Gasteiger partial charge in [0.2, 0.25) is 5.95 Å². The summed E-state index contributed by atoms with van der Waals surface area (Å²) in [7, 11) is -4.43. The molecule has 1 aliphatic carbocycles. The maximum absolute atomic E-state index is 12.3. The van der Waals surface area contributed by atoms with Crippen molar-refractivity contribution in [2.45, 2.75) is 12.5 Å². The molecule has 30 heavy (non-hydrogen) atoms. The lowest BCUT2D eigenvalue weighted by atomic mass is 9.70. The molecule has 0 radical (unpaired) electrons. The molecule has 0 spiro atoms. The first kappa shape index (κ1) is 20.8. The maximum Gasteiger partial charge on any atom is 0.527 e. The highest BCUT2D eigenvalue weighted by Gasteiger charge is 2.44. The summed E-state index contributed by atoms with van der Waals surface area (Å²) in [5.41, 5.74) is 5.60. The number of nitrogens with one attached hydrogen (secondary N) is 1. The van der Waals surface area contributed by atoms with Crippen LogP contribution in [0, 0.1) is 11.8 Å². The first-order valence-electron chi connectivity index (χ1n) is 9.03. The highest BCUT2D eigenvalue weighted by molar-refractivity contribution is 7.47. The fourth-order valence-electron chi connectivity index (χ4n) is 3.60. The molecule has 1 aliphatic rings. The molecule has 0 aliphatic heterocycles. The number of aromatic amines is 1. The molecule has 2 heterocycles. The summed E-state index contributed by atoms with van der Waals surface area (Å²) in [6.45, 7) is -0.291. The fraction of sp³-hybridized carbons (Fsp3) is 0.353. The number of aromatic nitrogens is 4. The summed E-state index contributed by atoms with van der Waals surface area (Å²) in [6.07, 6.45) is 2.01. The normalized spacial score (nSPS) is 23.1. The molecule has 4 rings (SSSR count). The van der Waals surface area contributed by atoms with Crippen LogP contribution in [-0.4, -0.2) is 42.7 Å². The summed E-state index contributed by atoms with van der Waals surface area (Å²) >= 11 is 5.85. The number of phosphoric ester groups is 1. The second-order valence-electron chi connectivity index (χ2n) is 7.00. The molecule has 160 valence electrons. The fourth-order valence-corrected chi connectivity index (χ4v) is 4.58. The molecule has 3 aromatic rings. The standard InChI is InChI=1S/C17H19ClN5O6P/c18-10-2-1-3-11(5-10)29-30(26,27)28-7-12-9(6-24)4-13(12)23-8-20-14-15(23)21-17(19)22-16(14)25/h1-3,5,8-9,12-13,24H,4,6-7H2,(H,26,27)(H3,19,21,22,25)/t9-,12-,13-/m1/s1. The van der Waals surface area contributed by atoms with Crippen LogP contribution in [0.3, 0.4) is 0 Å². The van der Waals surface area contributed by atoms with Gasteiger partial charge in [0.25, 0.3) is 5.56 Å². The topological polar surface area (TPSA) is 166 Å². The first-order valence-corrected chi connectivity index (χ1v) is 10.9. The van der Waals surface area contributed by atoms with Crippen LogP contribution in [0.25, 0.3) is 11.2 Å². The van der Waals surface area contributed by atoms with E-state index in [1.54, 1.807) is 16.7 Å². The molecular weight excluding hydrogens is 437 g/mol. The SMILES string of the molecule is Nc1nc2c(ncn2[C@@H]2C[C@H](CO)[C@H]2COP(=O)(O)Oc2cccc(Cl)c2)c(=O)[nH]1. The lowest BCUT2D eigenvalue weighted by Crippen LogP contribution is -2.43. The lowest BCUT2D eigenvalue weighted by Gasteiger charge is -2.44. The van der Waals surface area contributed by atoms with Gasteiger partial charge in [-0.25, -0.2) is 9.55 Å². The number of hydrogen-bond donors (Lipinski definition) is 4. The molecule has 1 saturated carbocycles. The summed E-state index contributed by atoms with van der Waals surface area (Å²) < 4.78 is 24.2. The number of benzene rings is 1. The van der Waals surface area contributed by atoms with Gasteiger partial charge in [-0.2, -0.15) is 4.98 Å². The number of nitrogens with two attached hydrogens (primary N) is 1. The molecule has 2 aromatic heterocycles. The van der Waals surface area contributed by atoms with Crippen molar-refractivity contribution in [2.24, 2.45) is 11.8 Å². The zero-order valence-corrected chi connectivity index (χ0v) is 17.2. The van der Waals surface area contributed by atoms with Crippen LogP contribution in [0.4, 0.5) is 5.95 Å². The van der Waals surface area contributed by atoms with E-state index in [1.807, 2.05) is 0 Å². The van der Waals surface area contributed by atoms with E-state index in [-0.39, 0.29) is 48.3 Å². The summed E-state index contributed by atoms with van der Waals surface area (Å²) in [6, 6.07) is 5.79. The van der Waals surface area contributed by atoms with Crippen LogP contribution >= 0.6 is 19.4 Å². The van der Waals surface area contributed by atoms with Crippen molar-refractivity contribution in [3.63, 3.8) is 0 Å². The number of halogens is 1. The Balaban J connectivity index is 1.51. The number of fused-ring (bicyclic) bond motifs is 1. The van der Waals surface area contributed by atoms with Gasteiger partial charge in [-0.05, 0) is 30.5 Å². The molecule has 0 amide bonds. The van der Waals surface area contributed by atoms with Gasteiger partial charge in [0.15, 0.2) is 11.2 Å². The Kier molecular flexibility index (Phi) is 5.56. The Morgan fingerprint density at radius 3 is 2.97 bits per heavy atom. The quantitative estimate of drug-likeness (QED) is 0.388. The van der Waals surface area contributed by atoms with Gasteiger partial charge in [-0.1, -0.05) is 17.7 Å². The van der Waals surface area contributed by atoms with E-state index in [1.165, 1.54) is 18.5 Å². The highest BCUT2D eigenvalue weighted by atomic mass is 35.5. The van der Waals surface area contributed by atoms with Gasteiger partial charge in [-0.15, -0.1) is 0 Å². The smallest absolute Gasteiger partial charge is 0.404 e. The van der Waals surface area contributed by atoms with Crippen LogP contribution in [0.2, 0.25) is 5.02 Å². The molecule has 0 bridgehead atoms. The van der Waals surface area contributed by atoms with Crippen LogP contribution in [0.5, 0.6) is 5.75 Å². The zero-order valence-electron chi connectivity index (χ0n) is 15.5. The van der Waals surface area contributed by atoms with E-state index in [4.69, 9.17) is 26.4 Å². The largest absolute Gasteiger partial charge is 0.527 e. The van der Waals surface area contributed by atoms with E-state index < -0.39 is 13.4 Å². The number of rotatable bonds is 7. The van der Waals surface area contributed by atoms with Crippen molar-refractivity contribution in [1.29, 1.82) is 0 Å². The summed E-state index contributed by atoms with van der Waals surface area (Å²) in [4.78, 5) is 32.6. The van der Waals surface area contributed by atoms with Crippen molar-refractivity contribution in [2.75, 3.05) is 18.9 Å². The number of nitrogens with zero attached hydrogens (tertiary/aromatic N) is 3. The number of phosphoric acid groups is 1. The van der Waals surface area contributed by atoms with Gasteiger partial charge >= 0.3 is 7.82 Å². The van der Waals surface area contributed by atoms with E-state index in [2.05, 4.69) is 15.0 Å². The van der Waals surface area contributed by atoms with Gasteiger partial charge in [-0.3, -0.25) is 19.2 Å². The molecule has 1 aromatic carbocycles. The number of hydrogen-bond acceptors (Lipinski definition) is 8. The van der Waals surface area contributed by atoms with Gasteiger partial charge in [0.05, 0.1) is 12.9 Å². The van der Waals surface area contributed by atoms with Crippen molar-refractivity contribution >= 4 is 36.5 Å². The monoisotopic (exact) mass is 455 g/mol. The van der Waals surface area contributed by atoms with Crippen LogP contribution in [0.15, 0.2) is 35.4 Å². The van der Waals surface area contributed by atoms with E-state index in [0.717, 1.165) is 0 Å². The summed E-state index contributed by atoms with van der Waals surface area (Å²) in [5.74, 6) is -0.456. The molecule has 1 unspecified atom stereocenters.